The van der Waals surface area contributed by atoms with Gasteiger partial charge in [-0.25, -0.2) is 0 Å². The van der Waals surface area contributed by atoms with Crippen LogP contribution in [0.4, 0.5) is 0 Å². The normalized spacial score (nSPS) is 24.8. The number of piperidine rings is 1. The highest BCUT2D eigenvalue weighted by Gasteiger charge is 2.19. The molecule has 1 N–H and O–H groups in total. The summed E-state index contributed by atoms with van der Waals surface area (Å²) >= 11 is 0. The molecular weight excluding hydrogens is 184 g/mol. The molecule has 2 heteroatoms. The first kappa shape index (κ1) is 13.0. The fourth-order valence-electron chi connectivity index (χ4n) is 2.27. The molecule has 0 bridgehead atoms. The third-order valence-electron chi connectivity index (χ3n) is 3.96. The molecule has 1 aliphatic rings. The first-order valence-corrected chi connectivity index (χ1v) is 6.52. The van der Waals surface area contributed by atoms with E-state index in [9.17, 15) is 0 Å². The molecule has 1 heterocycles. The van der Waals surface area contributed by atoms with Crippen molar-refractivity contribution in [2.45, 2.75) is 46.1 Å². The van der Waals surface area contributed by atoms with Gasteiger partial charge in [-0.2, -0.15) is 0 Å². The summed E-state index contributed by atoms with van der Waals surface area (Å²) in [5, 5.41) is 3.51. The van der Waals surface area contributed by atoms with Crippen molar-refractivity contribution in [3.63, 3.8) is 0 Å². The standard InChI is InChI=1S/C13H28N2/c1-11(2)15(4)9-7-12(3)13-6-5-8-14-10-13/h11-14H,5-10H2,1-4H3. The van der Waals surface area contributed by atoms with Gasteiger partial charge < -0.3 is 10.2 Å². The van der Waals surface area contributed by atoms with E-state index in [0.717, 1.165) is 11.8 Å². The lowest BCUT2D eigenvalue weighted by atomic mass is 9.85. The van der Waals surface area contributed by atoms with Crippen LogP contribution in [0.15, 0.2) is 0 Å². The van der Waals surface area contributed by atoms with Gasteiger partial charge >= 0.3 is 0 Å². The lowest BCUT2D eigenvalue weighted by Gasteiger charge is -2.30. The molecule has 2 unspecified atom stereocenters. The van der Waals surface area contributed by atoms with E-state index in [0.29, 0.717) is 6.04 Å². The molecule has 1 rings (SSSR count). The summed E-state index contributed by atoms with van der Waals surface area (Å²) < 4.78 is 0. The zero-order valence-corrected chi connectivity index (χ0v) is 10.9. The van der Waals surface area contributed by atoms with Gasteiger partial charge in [-0.15, -0.1) is 0 Å². The van der Waals surface area contributed by atoms with Crippen molar-refractivity contribution in [2.24, 2.45) is 11.8 Å². The molecule has 0 saturated carbocycles. The maximum Gasteiger partial charge on any atom is 0.00355 e. The van der Waals surface area contributed by atoms with Crippen LogP contribution in [-0.4, -0.2) is 37.6 Å². The van der Waals surface area contributed by atoms with Gasteiger partial charge in [0.05, 0.1) is 0 Å². The van der Waals surface area contributed by atoms with E-state index in [1.54, 1.807) is 0 Å². The van der Waals surface area contributed by atoms with Crippen LogP contribution < -0.4 is 5.32 Å². The van der Waals surface area contributed by atoms with Gasteiger partial charge in [-0.3, -0.25) is 0 Å². The largest absolute Gasteiger partial charge is 0.316 e. The van der Waals surface area contributed by atoms with Crippen LogP contribution in [-0.2, 0) is 0 Å². The highest BCUT2D eigenvalue weighted by atomic mass is 15.1. The number of nitrogens with one attached hydrogen (secondary N) is 1. The average molecular weight is 212 g/mol. The minimum Gasteiger partial charge on any atom is -0.316 e. The Kier molecular flexibility index (Phi) is 5.62. The third kappa shape index (κ3) is 4.52. The predicted octanol–water partition coefficient (Wildman–Crippen LogP) is 2.35. The lowest BCUT2D eigenvalue weighted by molar-refractivity contribution is 0.212. The van der Waals surface area contributed by atoms with Crippen LogP contribution in [0.2, 0.25) is 0 Å². The summed E-state index contributed by atoms with van der Waals surface area (Å²) in [5.41, 5.74) is 0. The average Bonchev–Trinajstić information content (AvgIpc) is 2.26. The molecule has 0 amide bonds. The van der Waals surface area contributed by atoms with E-state index in [1.165, 1.54) is 38.9 Å². The molecule has 2 atom stereocenters. The summed E-state index contributed by atoms with van der Waals surface area (Å²) in [6.45, 7) is 10.7. The van der Waals surface area contributed by atoms with Gasteiger partial charge in [0.15, 0.2) is 0 Å². The second kappa shape index (κ2) is 6.49. The van der Waals surface area contributed by atoms with E-state index < -0.39 is 0 Å². The Morgan fingerprint density at radius 2 is 2.07 bits per heavy atom. The van der Waals surface area contributed by atoms with Gasteiger partial charge in [0.2, 0.25) is 0 Å². The zero-order valence-electron chi connectivity index (χ0n) is 10.9. The summed E-state index contributed by atoms with van der Waals surface area (Å²) in [5.74, 6) is 1.79. The van der Waals surface area contributed by atoms with Crippen molar-refractivity contribution >= 4 is 0 Å². The lowest BCUT2D eigenvalue weighted by Crippen LogP contribution is -2.35. The monoisotopic (exact) mass is 212 g/mol. The van der Waals surface area contributed by atoms with Crippen molar-refractivity contribution in [3.05, 3.63) is 0 Å². The maximum atomic E-state index is 3.51. The second-order valence-corrected chi connectivity index (χ2v) is 5.45. The van der Waals surface area contributed by atoms with Gasteiger partial charge in [-0.1, -0.05) is 6.92 Å². The highest BCUT2D eigenvalue weighted by molar-refractivity contribution is 4.74. The highest BCUT2D eigenvalue weighted by Crippen LogP contribution is 2.22. The molecule has 0 aromatic rings. The summed E-state index contributed by atoms with van der Waals surface area (Å²) in [6, 6.07) is 0.682. The molecule has 0 aromatic carbocycles. The van der Waals surface area contributed by atoms with E-state index in [1.807, 2.05) is 0 Å². The van der Waals surface area contributed by atoms with Crippen LogP contribution in [0.5, 0.6) is 0 Å². The fraction of sp³-hybridized carbons (Fsp3) is 1.00. The smallest absolute Gasteiger partial charge is 0.00355 e. The van der Waals surface area contributed by atoms with E-state index in [4.69, 9.17) is 0 Å². The van der Waals surface area contributed by atoms with Crippen molar-refractivity contribution in [3.8, 4) is 0 Å². The molecule has 0 radical (unpaired) electrons. The van der Waals surface area contributed by atoms with Crippen molar-refractivity contribution in [1.29, 1.82) is 0 Å². The second-order valence-electron chi connectivity index (χ2n) is 5.45. The van der Waals surface area contributed by atoms with Crippen LogP contribution in [0.1, 0.15) is 40.0 Å². The molecule has 0 spiro atoms. The van der Waals surface area contributed by atoms with E-state index >= 15 is 0 Å². The Hall–Kier alpha value is -0.0800. The van der Waals surface area contributed by atoms with Crippen LogP contribution in [0, 0.1) is 11.8 Å². The Balaban J connectivity index is 2.19. The molecule has 15 heavy (non-hydrogen) atoms. The van der Waals surface area contributed by atoms with Crippen molar-refractivity contribution in [1.82, 2.24) is 10.2 Å². The number of rotatable bonds is 5. The number of hydrogen-bond acceptors (Lipinski definition) is 2. The number of nitrogens with zero attached hydrogens (tertiary/aromatic N) is 1. The summed E-state index contributed by atoms with van der Waals surface area (Å²) in [4.78, 5) is 2.45. The Labute approximate surface area is 95.4 Å². The van der Waals surface area contributed by atoms with Crippen LogP contribution in [0.3, 0.4) is 0 Å². The maximum absolute atomic E-state index is 3.51. The molecule has 1 saturated heterocycles. The Bertz CT molecular complexity index is 162. The van der Waals surface area contributed by atoms with Crippen LogP contribution in [0.25, 0.3) is 0 Å². The van der Waals surface area contributed by atoms with Gasteiger partial charge in [0, 0.05) is 6.04 Å². The van der Waals surface area contributed by atoms with Gasteiger partial charge in [0.25, 0.3) is 0 Å². The first-order chi connectivity index (χ1) is 7.11. The zero-order chi connectivity index (χ0) is 11.3. The molecular formula is C13H28N2. The Morgan fingerprint density at radius 3 is 2.60 bits per heavy atom. The van der Waals surface area contributed by atoms with E-state index in [2.05, 4.69) is 38.0 Å². The van der Waals surface area contributed by atoms with Crippen molar-refractivity contribution < 1.29 is 0 Å². The topological polar surface area (TPSA) is 15.3 Å². The minimum atomic E-state index is 0.682. The minimum absolute atomic E-state index is 0.682. The summed E-state index contributed by atoms with van der Waals surface area (Å²) in [6.07, 6.45) is 4.15. The third-order valence-corrected chi connectivity index (χ3v) is 3.96. The fourth-order valence-corrected chi connectivity index (χ4v) is 2.27. The summed E-state index contributed by atoms with van der Waals surface area (Å²) in [7, 11) is 2.23. The van der Waals surface area contributed by atoms with Gasteiger partial charge in [0.1, 0.15) is 0 Å². The van der Waals surface area contributed by atoms with Crippen molar-refractivity contribution in [2.75, 3.05) is 26.7 Å². The molecule has 2 nitrogen and oxygen atoms in total. The molecule has 1 fully saturated rings. The molecule has 0 aromatic heterocycles. The number of hydrogen-bond donors (Lipinski definition) is 1. The Morgan fingerprint density at radius 1 is 1.33 bits per heavy atom. The van der Waals surface area contributed by atoms with Gasteiger partial charge in [-0.05, 0) is 71.6 Å². The van der Waals surface area contributed by atoms with E-state index in [-0.39, 0.29) is 0 Å². The molecule has 0 aliphatic carbocycles. The SMILES string of the molecule is CC(CCN(C)C(C)C)C1CCCNC1. The first-order valence-electron chi connectivity index (χ1n) is 6.52. The predicted molar refractivity (Wildman–Crippen MR) is 67.1 cm³/mol. The van der Waals surface area contributed by atoms with Crippen LogP contribution >= 0.6 is 0 Å². The molecule has 1 aliphatic heterocycles. The molecule has 90 valence electrons. The quantitative estimate of drug-likeness (QED) is 0.752.